The molecular formula is C49H58BN7. The van der Waals surface area contributed by atoms with Crippen molar-refractivity contribution in [1.29, 1.82) is 0 Å². The van der Waals surface area contributed by atoms with Crippen LogP contribution in [0.1, 0.15) is 87.3 Å². The first kappa shape index (κ1) is 33.3. The molecule has 8 aliphatic heterocycles. The lowest BCUT2D eigenvalue weighted by molar-refractivity contribution is 0.0152. The van der Waals surface area contributed by atoms with Gasteiger partial charge in [0.1, 0.15) is 5.82 Å². The zero-order valence-electron chi connectivity index (χ0n) is 33.3. The van der Waals surface area contributed by atoms with Crippen LogP contribution in [0.15, 0.2) is 108 Å². The van der Waals surface area contributed by atoms with Crippen LogP contribution < -0.4 is 20.9 Å². The van der Waals surface area contributed by atoms with Crippen LogP contribution in [0.3, 0.4) is 0 Å². The standard InChI is InChI=1S/C49H58BN7/c1-3-12-28(13-4-1)39-31-16-7-8-17-32(31)40-44-46-33(20-24-53-44)50-34-21-25-54-45-41-43-36(19-11-23-52-43)55(30-14-5-2-6-15-30)49(41)57(47(34)45)38-27-29(35-18-9-10-22-51-35)26-37(42(38)50)56(46)48(39)40/h1-6,9-10,12-15,18,22,29,31-34,36-39,42-47,52-54H,7-8,11,16-17,19-21,23-27H2. The van der Waals surface area contributed by atoms with Gasteiger partial charge in [0, 0.05) is 64.9 Å². The van der Waals surface area contributed by atoms with Crippen LogP contribution in [-0.2, 0) is 0 Å². The molecule has 15 atom stereocenters. The topological polar surface area (TPSA) is 58.7 Å². The Bertz CT molecular complexity index is 2000. The third-order valence-electron chi connectivity index (χ3n) is 18.3. The second-order valence-electron chi connectivity index (χ2n) is 20.2. The fraction of sp³-hybridized carbons (Fsp3) is 0.571. The van der Waals surface area contributed by atoms with E-state index in [-0.39, 0.29) is 0 Å². The largest absolute Gasteiger partial charge is 0.367 e. The van der Waals surface area contributed by atoms with Gasteiger partial charge in [-0.2, -0.15) is 0 Å². The molecule has 9 heterocycles. The van der Waals surface area contributed by atoms with Gasteiger partial charge in [-0.05, 0) is 136 Å². The summed E-state index contributed by atoms with van der Waals surface area (Å²) in [7, 11) is 0. The summed E-state index contributed by atoms with van der Waals surface area (Å²) in [5, 5.41) is 12.8. The summed E-state index contributed by atoms with van der Waals surface area (Å²) in [4.78, 5) is 14.5. The molecule has 1 aromatic heterocycles. The van der Waals surface area contributed by atoms with Gasteiger partial charge in [-0.3, -0.25) is 4.98 Å². The van der Waals surface area contributed by atoms with Crippen LogP contribution in [0.2, 0.25) is 17.5 Å². The molecule has 7 fully saturated rings. The molecule has 15 unspecified atom stereocenters. The Morgan fingerprint density at radius 3 is 2.11 bits per heavy atom. The molecule has 57 heavy (non-hydrogen) atoms. The van der Waals surface area contributed by atoms with E-state index in [0.29, 0.717) is 66.0 Å². The lowest BCUT2D eigenvalue weighted by atomic mass is 9.19. The second-order valence-corrected chi connectivity index (χ2v) is 20.2. The van der Waals surface area contributed by atoms with Crippen molar-refractivity contribution in [3.8, 4) is 0 Å². The van der Waals surface area contributed by atoms with Crippen LogP contribution in [0.25, 0.3) is 0 Å². The summed E-state index contributed by atoms with van der Waals surface area (Å²) < 4.78 is 0. The molecule has 14 rings (SSSR count). The number of aromatic nitrogens is 1. The Kier molecular flexibility index (Phi) is 7.28. The van der Waals surface area contributed by atoms with Gasteiger partial charge in [-0.25, -0.2) is 0 Å². The fourth-order valence-corrected chi connectivity index (χ4v) is 16.9. The Morgan fingerprint density at radius 1 is 0.614 bits per heavy atom. The zero-order chi connectivity index (χ0) is 36.9. The Morgan fingerprint density at radius 2 is 1.32 bits per heavy atom. The van der Waals surface area contributed by atoms with E-state index in [2.05, 4.69) is 116 Å². The minimum Gasteiger partial charge on any atom is -0.367 e. The molecule has 0 amide bonds. The first-order chi connectivity index (χ1) is 28.3. The van der Waals surface area contributed by atoms with Crippen molar-refractivity contribution in [1.82, 2.24) is 30.7 Å². The summed E-state index contributed by atoms with van der Waals surface area (Å²) in [6, 6.07) is 34.3. The highest BCUT2D eigenvalue weighted by molar-refractivity contribution is 6.65. The van der Waals surface area contributed by atoms with Crippen molar-refractivity contribution in [2.75, 3.05) is 24.5 Å². The van der Waals surface area contributed by atoms with Crippen molar-refractivity contribution in [2.24, 2.45) is 11.8 Å². The molecule has 3 N–H and O–H groups in total. The number of allylic oxidation sites excluding steroid dienone is 1. The molecule has 292 valence electrons. The highest BCUT2D eigenvalue weighted by Gasteiger charge is 2.72. The Balaban J connectivity index is 0.975. The van der Waals surface area contributed by atoms with Gasteiger partial charge in [-0.15, -0.1) is 0 Å². The van der Waals surface area contributed by atoms with Gasteiger partial charge < -0.3 is 30.7 Å². The predicted octanol–water partition coefficient (Wildman–Crippen LogP) is 7.13. The number of rotatable bonds is 3. The molecule has 2 aromatic carbocycles. The highest BCUT2D eigenvalue weighted by Crippen LogP contribution is 2.69. The van der Waals surface area contributed by atoms with Gasteiger partial charge in [0.25, 0.3) is 0 Å². The number of para-hydroxylation sites is 1. The summed E-state index contributed by atoms with van der Waals surface area (Å²) in [6.45, 7) is 4.26. The smallest absolute Gasteiger partial charge is 0.159 e. The Hall–Kier alpha value is -3.59. The van der Waals surface area contributed by atoms with E-state index < -0.39 is 0 Å². The minimum absolute atomic E-state index is 0.427. The normalized spacial score (nSPS) is 43.3. The SMILES string of the molecule is c1ccc(C2C3=C(C4CCCCC42)C2NCCC4B5C6CCNC7C8=C(N(c9ccccc9)C9CCCNC89)N(C8CC(c9ccccn9)CC(C58)N3C42)C67)cc1. The van der Waals surface area contributed by atoms with E-state index in [1.165, 1.54) is 82.1 Å². The number of nitrogens with zero attached hydrogens (tertiary/aromatic N) is 4. The quantitative estimate of drug-likeness (QED) is 0.246. The van der Waals surface area contributed by atoms with E-state index in [9.17, 15) is 0 Å². The maximum absolute atomic E-state index is 5.20. The molecule has 0 bridgehead atoms. The molecule has 3 aromatic rings. The molecular weight excluding hydrogens is 697 g/mol. The van der Waals surface area contributed by atoms with Crippen molar-refractivity contribution < 1.29 is 0 Å². The van der Waals surface area contributed by atoms with E-state index in [1.54, 1.807) is 17.0 Å². The number of anilines is 1. The van der Waals surface area contributed by atoms with Crippen LogP contribution in [0.4, 0.5) is 5.69 Å². The maximum atomic E-state index is 5.20. The number of benzene rings is 2. The fourth-order valence-electron chi connectivity index (χ4n) is 16.9. The molecule has 3 aliphatic carbocycles. The molecule has 11 aliphatic rings. The van der Waals surface area contributed by atoms with Crippen molar-refractivity contribution in [3.05, 3.63) is 119 Å². The number of hydrogen-bond acceptors (Lipinski definition) is 7. The zero-order valence-corrected chi connectivity index (χ0v) is 33.3. The molecule has 0 radical (unpaired) electrons. The van der Waals surface area contributed by atoms with Gasteiger partial charge in [0.05, 0.1) is 24.2 Å². The summed E-state index contributed by atoms with van der Waals surface area (Å²) in [5.74, 6) is 6.22. The van der Waals surface area contributed by atoms with Crippen molar-refractivity contribution in [2.45, 2.75) is 142 Å². The molecule has 7 nitrogen and oxygen atoms in total. The highest BCUT2D eigenvalue weighted by atomic mass is 15.5. The molecule has 8 heteroatoms. The minimum atomic E-state index is 0.427. The summed E-state index contributed by atoms with van der Waals surface area (Å²) in [5.41, 5.74) is 9.72. The maximum Gasteiger partial charge on any atom is 0.159 e. The number of piperidine rings is 3. The first-order valence-corrected chi connectivity index (χ1v) is 23.4. The van der Waals surface area contributed by atoms with Crippen LogP contribution in [0, 0.1) is 11.8 Å². The van der Waals surface area contributed by atoms with Crippen molar-refractivity contribution >= 4 is 12.4 Å². The Labute approximate surface area is 339 Å². The third kappa shape index (κ3) is 4.38. The monoisotopic (exact) mass is 755 g/mol. The van der Waals surface area contributed by atoms with E-state index in [0.717, 1.165) is 43.3 Å². The average Bonchev–Trinajstić information content (AvgIpc) is 4.00. The molecule has 0 spiro atoms. The van der Waals surface area contributed by atoms with Crippen LogP contribution in [0.5, 0.6) is 0 Å². The number of fused-ring (bicyclic) bond motifs is 12. The lowest BCUT2D eigenvalue weighted by Gasteiger charge is -2.68. The van der Waals surface area contributed by atoms with Gasteiger partial charge in [0.15, 0.2) is 6.71 Å². The van der Waals surface area contributed by atoms with Gasteiger partial charge >= 0.3 is 0 Å². The number of nitrogens with one attached hydrogen (secondary N) is 3. The third-order valence-corrected chi connectivity index (χ3v) is 18.3. The number of hydrogen-bond donors (Lipinski definition) is 3. The van der Waals surface area contributed by atoms with E-state index in [1.807, 2.05) is 11.3 Å². The molecule has 5 saturated heterocycles. The number of pyridine rings is 1. The second kappa shape index (κ2) is 12.5. The first-order valence-electron chi connectivity index (χ1n) is 23.4. The van der Waals surface area contributed by atoms with E-state index in [4.69, 9.17) is 4.98 Å². The van der Waals surface area contributed by atoms with Crippen molar-refractivity contribution in [3.63, 3.8) is 0 Å². The summed E-state index contributed by atoms with van der Waals surface area (Å²) >= 11 is 0. The van der Waals surface area contributed by atoms with Crippen LogP contribution >= 0.6 is 0 Å². The summed E-state index contributed by atoms with van der Waals surface area (Å²) in [6.07, 6.45) is 15.3. The average molecular weight is 756 g/mol. The van der Waals surface area contributed by atoms with Crippen LogP contribution in [-0.4, -0.2) is 89.5 Å². The predicted molar refractivity (Wildman–Crippen MR) is 227 cm³/mol. The van der Waals surface area contributed by atoms with E-state index >= 15 is 0 Å². The molecule has 2 saturated carbocycles. The lowest BCUT2D eigenvalue weighted by Crippen LogP contribution is -2.75. The van der Waals surface area contributed by atoms with Gasteiger partial charge in [0.2, 0.25) is 0 Å². The van der Waals surface area contributed by atoms with Gasteiger partial charge in [-0.1, -0.05) is 67.4 Å².